The summed E-state index contributed by atoms with van der Waals surface area (Å²) in [5.41, 5.74) is -0.641. The Labute approximate surface area is 133 Å². The average Bonchev–Trinajstić information content (AvgIpc) is 3.29. The summed E-state index contributed by atoms with van der Waals surface area (Å²) in [6.45, 7) is 6.87. The predicted octanol–water partition coefficient (Wildman–Crippen LogP) is 2.12. The molecule has 2 saturated heterocycles. The van der Waals surface area contributed by atoms with Gasteiger partial charge < -0.3 is 10.6 Å². The molecule has 0 aromatic rings. The second-order valence-corrected chi connectivity index (χ2v) is 7.72. The number of nitrogens with zero attached hydrogens (tertiary/aromatic N) is 1. The highest BCUT2D eigenvalue weighted by Crippen LogP contribution is 2.38. The summed E-state index contributed by atoms with van der Waals surface area (Å²) in [6, 6.07) is -0.154. The lowest BCUT2D eigenvalue weighted by atomic mass is 9.74. The van der Waals surface area contributed by atoms with Crippen molar-refractivity contribution in [2.45, 2.75) is 57.9 Å². The second-order valence-electron chi connectivity index (χ2n) is 7.72. The van der Waals surface area contributed by atoms with Crippen molar-refractivity contribution in [1.29, 1.82) is 0 Å². The fourth-order valence-corrected chi connectivity index (χ4v) is 3.85. The van der Waals surface area contributed by atoms with E-state index in [1.807, 2.05) is 0 Å². The van der Waals surface area contributed by atoms with E-state index in [9.17, 15) is 9.59 Å². The highest BCUT2D eigenvalue weighted by atomic mass is 16.2. The van der Waals surface area contributed by atoms with Crippen LogP contribution in [0.15, 0.2) is 0 Å². The summed E-state index contributed by atoms with van der Waals surface area (Å²) >= 11 is 0. The second kappa shape index (κ2) is 6.19. The molecule has 124 valence electrons. The summed E-state index contributed by atoms with van der Waals surface area (Å²) in [6.07, 6.45) is 6.02. The third-order valence-electron chi connectivity index (χ3n) is 5.49. The molecule has 1 saturated carbocycles. The predicted molar refractivity (Wildman–Crippen MR) is 85.4 cm³/mol. The van der Waals surface area contributed by atoms with Crippen LogP contribution in [0.2, 0.25) is 0 Å². The summed E-state index contributed by atoms with van der Waals surface area (Å²) in [5, 5.41) is 6.50. The van der Waals surface area contributed by atoms with E-state index >= 15 is 0 Å². The zero-order chi connectivity index (χ0) is 15.7. The largest absolute Gasteiger partial charge is 0.325 e. The minimum Gasteiger partial charge on any atom is -0.323 e. The van der Waals surface area contributed by atoms with E-state index in [0.29, 0.717) is 18.4 Å². The van der Waals surface area contributed by atoms with E-state index in [1.54, 1.807) is 0 Å². The van der Waals surface area contributed by atoms with Gasteiger partial charge in [0.15, 0.2) is 0 Å². The summed E-state index contributed by atoms with van der Waals surface area (Å²) in [5.74, 6) is 1.41. The summed E-state index contributed by atoms with van der Waals surface area (Å²) < 4.78 is 0. The SMILES string of the molecule is CC(C)CCC1(C2CCNCC2)NC(=O)N(CC2CC2)C1=O. The number of hydrogen-bond acceptors (Lipinski definition) is 3. The van der Waals surface area contributed by atoms with Gasteiger partial charge in [0.25, 0.3) is 5.91 Å². The normalized spacial score (nSPS) is 30.2. The Kier molecular flexibility index (Phi) is 4.44. The number of carbonyl (C=O) groups excluding carboxylic acids is 2. The van der Waals surface area contributed by atoms with Gasteiger partial charge in [-0.2, -0.15) is 0 Å². The number of rotatable bonds is 6. The molecule has 3 rings (SSSR count). The maximum Gasteiger partial charge on any atom is 0.325 e. The van der Waals surface area contributed by atoms with Crippen molar-refractivity contribution in [3.05, 3.63) is 0 Å². The van der Waals surface area contributed by atoms with E-state index in [4.69, 9.17) is 0 Å². The van der Waals surface area contributed by atoms with E-state index in [0.717, 1.165) is 51.6 Å². The quantitative estimate of drug-likeness (QED) is 0.739. The minimum absolute atomic E-state index is 0.0527. The number of urea groups is 1. The van der Waals surface area contributed by atoms with Gasteiger partial charge in [-0.15, -0.1) is 0 Å². The molecule has 0 spiro atoms. The highest BCUT2D eigenvalue weighted by molar-refractivity contribution is 6.07. The molecular formula is C17H29N3O2. The highest BCUT2D eigenvalue weighted by Gasteiger charge is 2.55. The molecule has 5 heteroatoms. The van der Waals surface area contributed by atoms with Crippen LogP contribution in [0.5, 0.6) is 0 Å². The first-order valence-corrected chi connectivity index (χ1v) is 8.88. The van der Waals surface area contributed by atoms with Gasteiger partial charge in [0.05, 0.1) is 0 Å². The Balaban J connectivity index is 1.80. The molecule has 2 N–H and O–H groups in total. The van der Waals surface area contributed by atoms with E-state index in [-0.39, 0.29) is 17.9 Å². The number of amides is 3. The molecule has 3 aliphatic rings. The first kappa shape index (κ1) is 15.8. The van der Waals surface area contributed by atoms with Crippen LogP contribution in [-0.2, 0) is 4.79 Å². The van der Waals surface area contributed by atoms with Crippen LogP contribution >= 0.6 is 0 Å². The van der Waals surface area contributed by atoms with Gasteiger partial charge in [-0.1, -0.05) is 13.8 Å². The van der Waals surface area contributed by atoms with Crippen LogP contribution in [0, 0.1) is 17.8 Å². The van der Waals surface area contributed by atoms with Crippen LogP contribution in [0.3, 0.4) is 0 Å². The lowest BCUT2D eigenvalue weighted by Crippen LogP contribution is -2.56. The summed E-state index contributed by atoms with van der Waals surface area (Å²) in [4.78, 5) is 27.1. The van der Waals surface area contributed by atoms with Crippen LogP contribution in [0.1, 0.15) is 52.4 Å². The van der Waals surface area contributed by atoms with Crippen LogP contribution in [0.25, 0.3) is 0 Å². The maximum absolute atomic E-state index is 13.1. The van der Waals surface area contributed by atoms with Gasteiger partial charge in [-0.25, -0.2) is 4.79 Å². The minimum atomic E-state index is -0.641. The van der Waals surface area contributed by atoms with Gasteiger partial charge in [-0.05, 0) is 69.4 Å². The summed E-state index contributed by atoms with van der Waals surface area (Å²) in [7, 11) is 0. The Morgan fingerprint density at radius 3 is 2.45 bits per heavy atom. The average molecular weight is 307 g/mol. The van der Waals surface area contributed by atoms with Gasteiger partial charge in [0.1, 0.15) is 5.54 Å². The van der Waals surface area contributed by atoms with Crippen LogP contribution in [-0.4, -0.2) is 42.0 Å². The lowest BCUT2D eigenvalue weighted by molar-refractivity contribution is -0.134. The van der Waals surface area contributed by atoms with Crippen molar-refractivity contribution in [2.24, 2.45) is 17.8 Å². The molecule has 2 aliphatic heterocycles. The number of nitrogens with one attached hydrogen (secondary N) is 2. The van der Waals surface area contributed by atoms with Crippen molar-refractivity contribution in [1.82, 2.24) is 15.5 Å². The van der Waals surface area contributed by atoms with Crippen molar-refractivity contribution < 1.29 is 9.59 Å². The zero-order valence-corrected chi connectivity index (χ0v) is 13.9. The Bertz CT molecular complexity index is 441. The molecule has 0 aromatic heterocycles. The molecule has 2 heterocycles. The molecule has 3 amide bonds. The van der Waals surface area contributed by atoms with E-state index in [1.165, 1.54) is 4.90 Å². The molecule has 1 atom stereocenters. The molecular weight excluding hydrogens is 278 g/mol. The third kappa shape index (κ3) is 3.00. The van der Waals surface area contributed by atoms with Gasteiger partial charge in [0, 0.05) is 6.54 Å². The Morgan fingerprint density at radius 1 is 1.18 bits per heavy atom. The van der Waals surface area contributed by atoms with Gasteiger partial charge >= 0.3 is 6.03 Å². The lowest BCUT2D eigenvalue weighted by Gasteiger charge is -2.38. The van der Waals surface area contributed by atoms with E-state index in [2.05, 4.69) is 24.5 Å². The molecule has 1 unspecified atom stereocenters. The smallest absolute Gasteiger partial charge is 0.323 e. The first-order chi connectivity index (χ1) is 10.5. The van der Waals surface area contributed by atoms with Crippen LogP contribution in [0.4, 0.5) is 4.79 Å². The molecule has 3 fully saturated rings. The zero-order valence-electron chi connectivity index (χ0n) is 13.9. The number of imide groups is 1. The number of hydrogen-bond donors (Lipinski definition) is 2. The third-order valence-corrected chi connectivity index (χ3v) is 5.49. The molecule has 0 bridgehead atoms. The standard InChI is InChI=1S/C17H29N3O2/c1-12(2)5-8-17(14-6-9-18-10-7-14)15(21)20(16(22)19-17)11-13-3-4-13/h12-14,18H,3-11H2,1-2H3,(H,19,22). The fraction of sp³-hybridized carbons (Fsp3) is 0.882. The topological polar surface area (TPSA) is 61.4 Å². The van der Waals surface area contributed by atoms with Crippen molar-refractivity contribution in [3.8, 4) is 0 Å². The van der Waals surface area contributed by atoms with E-state index < -0.39 is 5.54 Å². The van der Waals surface area contributed by atoms with Gasteiger partial charge in [0.2, 0.25) is 0 Å². The maximum atomic E-state index is 13.1. The van der Waals surface area contributed by atoms with Crippen molar-refractivity contribution >= 4 is 11.9 Å². The Morgan fingerprint density at radius 2 is 1.86 bits per heavy atom. The van der Waals surface area contributed by atoms with Crippen molar-refractivity contribution in [2.75, 3.05) is 19.6 Å². The molecule has 22 heavy (non-hydrogen) atoms. The van der Waals surface area contributed by atoms with Crippen molar-refractivity contribution in [3.63, 3.8) is 0 Å². The monoisotopic (exact) mass is 307 g/mol. The fourth-order valence-electron chi connectivity index (χ4n) is 3.85. The molecule has 1 aliphatic carbocycles. The first-order valence-electron chi connectivity index (χ1n) is 8.88. The molecule has 5 nitrogen and oxygen atoms in total. The molecule has 0 aromatic carbocycles. The van der Waals surface area contributed by atoms with Crippen LogP contribution < -0.4 is 10.6 Å². The number of carbonyl (C=O) groups is 2. The Hall–Kier alpha value is -1.10. The number of piperidine rings is 1. The molecule has 0 radical (unpaired) electrons. The van der Waals surface area contributed by atoms with Gasteiger partial charge in [-0.3, -0.25) is 9.69 Å².